The molecule has 0 amide bonds. The van der Waals surface area contributed by atoms with Crippen molar-refractivity contribution in [1.82, 2.24) is 4.90 Å². The van der Waals surface area contributed by atoms with Crippen LogP contribution in [0.4, 0.5) is 0 Å². The predicted octanol–water partition coefficient (Wildman–Crippen LogP) is 1.45. The average molecular weight is 249 g/mol. The fraction of sp³-hybridized carbons (Fsp3) is 0.933. The molecule has 4 aliphatic rings. The summed E-state index contributed by atoms with van der Waals surface area (Å²) in [5.74, 6) is 2.79. The Morgan fingerprint density at radius 3 is 2.67 bits per heavy atom. The number of carbonyl (C=O) groups excluding carboxylic acids is 1. The standard InChI is InChI=1S/C15H23NO2/c17-13(9-3-1-2-4-9)8-16-7-11-5-10-6-12(11)14(16)15(10)18/h9-12,14-15,18H,1-8H2. The number of ketones is 1. The molecule has 0 spiro atoms. The van der Waals surface area contributed by atoms with Crippen molar-refractivity contribution in [3.63, 3.8) is 0 Å². The number of carbonyl (C=O) groups is 1. The second kappa shape index (κ2) is 4.04. The number of aliphatic hydroxyl groups is 1. The highest BCUT2D eigenvalue weighted by Gasteiger charge is 2.58. The molecular formula is C15H23NO2. The third-order valence-electron chi connectivity index (χ3n) is 6.12. The lowest BCUT2D eigenvalue weighted by atomic mass is 9.88. The number of rotatable bonds is 3. The number of likely N-dealkylation sites (tertiary alicyclic amines) is 1. The first-order valence-electron chi connectivity index (χ1n) is 7.69. The van der Waals surface area contributed by atoms with Gasteiger partial charge in [0.15, 0.2) is 0 Å². The largest absolute Gasteiger partial charge is 0.391 e. The Kier molecular flexibility index (Phi) is 2.56. The molecule has 3 aliphatic carbocycles. The molecule has 3 saturated carbocycles. The Morgan fingerprint density at radius 1 is 1.17 bits per heavy atom. The molecular weight excluding hydrogens is 226 g/mol. The molecule has 2 bridgehead atoms. The molecule has 0 aromatic rings. The van der Waals surface area contributed by atoms with Crippen molar-refractivity contribution < 1.29 is 9.90 Å². The fourth-order valence-corrected chi connectivity index (χ4v) is 5.30. The number of hydrogen-bond acceptors (Lipinski definition) is 3. The predicted molar refractivity (Wildman–Crippen MR) is 68.0 cm³/mol. The highest BCUT2D eigenvalue weighted by molar-refractivity contribution is 5.83. The summed E-state index contributed by atoms with van der Waals surface area (Å²) in [5.41, 5.74) is 0. The number of hydrogen-bond donors (Lipinski definition) is 1. The van der Waals surface area contributed by atoms with Crippen molar-refractivity contribution >= 4 is 5.78 Å². The van der Waals surface area contributed by atoms with Gasteiger partial charge in [-0.15, -0.1) is 0 Å². The number of fused-ring (bicyclic) bond motifs is 1. The fourth-order valence-electron chi connectivity index (χ4n) is 5.30. The van der Waals surface area contributed by atoms with Gasteiger partial charge in [-0.05, 0) is 43.4 Å². The van der Waals surface area contributed by atoms with Crippen LogP contribution in [0.2, 0.25) is 0 Å². The maximum Gasteiger partial charge on any atom is 0.149 e. The topological polar surface area (TPSA) is 40.5 Å². The zero-order chi connectivity index (χ0) is 12.3. The van der Waals surface area contributed by atoms with Gasteiger partial charge in [0.25, 0.3) is 0 Å². The second-order valence-electron chi connectivity index (χ2n) is 7.01. The normalized spacial score (nSPS) is 47.3. The van der Waals surface area contributed by atoms with E-state index in [-0.39, 0.29) is 6.10 Å². The molecule has 1 aliphatic heterocycles. The van der Waals surface area contributed by atoms with E-state index >= 15 is 0 Å². The minimum absolute atomic E-state index is 0.148. The van der Waals surface area contributed by atoms with Gasteiger partial charge in [-0.2, -0.15) is 0 Å². The lowest BCUT2D eigenvalue weighted by molar-refractivity contribution is -0.124. The van der Waals surface area contributed by atoms with Gasteiger partial charge in [0.2, 0.25) is 0 Å². The lowest BCUT2D eigenvalue weighted by Gasteiger charge is -2.29. The van der Waals surface area contributed by atoms with Gasteiger partial charge in [-0.25, -0.2) is 0 Å². The van der Waals surface area contributed by atoms with E-state index in [1.807, 2.05) is 0 Å². The summed E-state index contributed by atoms with van der Waals surface area (Å²) in [6.45, 7) is 1.69. The summed E-state index contributed by atoms with van der Waals surface area (Å²) in [6, 6.07) is 0.319. The summed E-state index contributed by atoms with van der Waals surface area (Å²) in [5, 5.41) is 10.3. The van der Waals surface area contributed by atoms with E-state index in [1.165, 1.54) is 25.7 Å². The van der Waals surface area contributed by atoms with Crippen LogP contribution in [0.3, 0.4) is 0 Å². The summed E-state index contributed by atoms with van der Waals surface area (Å²) in [7, 11) is 0. The average Bonchev–Trinajstić information content (AvgIpc) is 3.05. The molecule has 3 heteroatoms. The highest BCUT2D eigenvalue weighted by Crippen LogP contribution is 2.54. The van der Waals surface area contributed by atoms with Gasteiger partial charge in [0, 0.05) is 18.5 Å². The Morgan fingerprint density at radius 2 is 1.94 bits per heavy atom. The molecule has 0 aromatic heterocycles. The van der Waals surface area contributed by atoms with Gasteiger partial charge < -0.3 is 5.11 Å². The van der Waals surface area contributed by atoms with Crippen LogP contribution in [0.15, 0.2) is 0 Å². The van der Waals surface area contributed by atoms with Crippen LogP contribution in [-0.4, -0.2) is 41.0 Å². The Balaban J connectivity index is 1.45. The SMILES string of the molecule is O=C(CN1CC2CC3CC2C1C3O)C1CCCC1. The minimum Gasteiger partial charge on any atom is -0.391 e. The molecule has 3 nitrogen and oxygen atoms in total. The van der Waals surface area contributed by atoms with Gasteiger partial charge >= 0.3 is 0 Å². The maximum absolute atomic E-state index is 12.3. The Labute approximate surface area is 109 Å². The first kappa shape index (κ1) is 11.4. The molecule has 1 N–H and O–H groups in total. The van der Waals surface area contributed by atoms with E-state index in [4.69, 9.17) is 0 Å². The molecule has 100 valence electrons. The van der Waals surface area contributed by atoms with Crippen molar-refractivity contribution in [3.8, 4) is 0 Å². The van der Waals surface area contributed by atoms with Gasteiger partial charge in [0.05, 0.1) is 12.6 Å². The Bertz CT molecular complexity index is 362. The van der Waals surface area contributed by atoms with Crippen LogP contribution < -0.4 is 0 Å². The summed E-state index contributed by atoms with van der Waals surface area (Å²) in [4.78, 5) is 14.6. The third-order valence-corrected chi connectivity index (χ3v) is 6.12. The lowest BCUT2D eigenvalue weighted by Crippen LogP contribution is -2.43. The monoisotopic (exact) mass is 249 g/mol. The van der Waals surface area contributed by atoms with E-state index < -0.39 is 0 Å². The minimum atomic E-state index is -0.148. The Hall–Kier alpha value is -0.410. The smallest absolute Gasteiger partial charge is 0.149 e. The number of aliphatic hydroxyl groups excluding tert-OH is 1. The van der Waals surface area contributed by atoms with E-state index in [0.29, 0.717) is 36.1 Å². The van der Waals surface area contributed by atoms with E-state index in [0.717, 1.165) is 25.3 Å². The van der Waals surface area contributed by atoms with Gasteiger partial charge in [-0.1, -0.05) is 12.8 Å². The van der Waals surface area contributed by atoms with Crippen molar-refractivity contribution in [1.29, 1.82) is 0 Å². The van der Waals surface area contributed by atoms with Crippen molar-refractivity contribution in [2.24, 2.45) is 23.7 Å². The second-order valence-corrected chi connectivity index (χ2v) is 7.01. The van der Waals surface area contributed by atoms with Crippen molar-refractivity contribution in [3.05, 3.63) is 0 Å². The van der Waals surface area contributed by atoms with E-state index in [2.05, 4.69) is 4.90 Å². The highest BCUT2D eigenvalue weighted by atomic mass is 16.3. The molecule has 4 rings (SSSR count). The van der Waals surface area contributed by atoms with Crippen LogP contribution in [-0.2, 0) is 4.79 Å². The van der Waals surface area contributed by atoms with Gasteiger partial charge in [-0.3, -0.25) is 9.69 Å². The first-order valence-corrected chi connectivity index (χ1v) is 7.69. The molecule has 4 fully saturated rings. The van der Waals surface area contributed by atoms with Crippen LogP contribution in [0.25, 0.3) is 0 Å². The molecule has 18 heavy (non-hydrogen) atoms. The number of Topliss-reactive ketones (excluding diaryl/α,β-unsaturated/α-hetero) is 1. The number of nitrogens with zero attached hydrogens (tertiary/aromatic N) is 1. The van der Waals surface area contributed by atoms with Crippen LogP contribution >= 0.6 is 0 Å². The maximum atomic E-state index is 12.3. The third kappa shape index (κ3) is 1.53. The molecule has 5 atom stereocenters. The molecule has 0 radical (unpaired) electrons. The van der Waals surface area contributed by atoms with Crippen molar-refractivity contribution in [2.45, 2.75) is 50.7 Å². The van der Waals surface area contributed by atoms with Crippen molar-refractivity contribution in [2.75, 3.05) is 13.1 Å². The molecule has 1 saturated heterocycles. The van der Waals surface area contributed by atoms with Crippen LogP contribution in [0.5, 0.6) is 0 Å². The van der Waals surface area contributed by atoms with E-state index in [9.17, 15) is 9.90 Å². The zero-order valence-corrected chi connectivity index (χ0v) is 10.9. The van der Waals surface area contributed by atoms with Gasteiger partial charge in [0.1, 0.15) is 5.78 Å². The summed E-state index contributed by atoms with van der Waals surface area (Å²) >= 11 is 0. The summed E-state index contributed by atoms with van der Waals surface area (Å²) in [6.07, 6.45) is 6.95. The molecule has 0 aromatic carbocycles. The van der Waals surface area contributed by atoms with Crippen LogP contribution in [0.1, 0.15) is 38.5 Å². The van der Waals surface area contributed by atoms with E-state index in [1.54, 1.807) is 0 Å². The quantitative estimate of drug-likeness (QED) is 0.823. The zero-order valence-electron chi connectivity index (χ0n) is 10.9. The molecule has 5 unspecified atom stereocenters. The molecule has 1 heterocycles. The summed E-state index contributed by atoms with van der Waals surface area (Å²) < 4.78 is 0. The first-order chi connectivity index (χ1) is 8.74. The van der Waals surface area contributed by atoms with Crippen LogP contribution in [0, 0.1) is 23.7 Å².